The van der Waals surface area contributed by atoms with Crippen LogP contribution in [-0.4, -0.2) is 26.5 Å². The van der Waals surface area contributed by atoms with E-state index in [4.69, 9.17) is 4.42 Å². The molecule has 114 valence electrons. The van der Waals surface area contributed by atoms with Gasteiger partial charge >= 0.3 is 0 Å². The van der Waals surface area contributed by atoms with E-state index >= 15 is 0 Å². The zero-order chi connectivity index (χ0) is 15.4. The molecule has 0 aliphatic carbocycles. The Hall–Kier alpha value is -2.41. The highest BCUT2D eigenvalue weighted by Gasteiger charge is 2.12. The highest BCUT2D eigenvalue weighted by atomic mass is 32.1. The molecule has 6 nitrogen and oxygen atoms in total. The molecule has 1 N–H and O–H groups in total. The second kappa shape index (κ2) is 6.57. The number of nitrogens with zero attached hydrogens (tertiary/aromatic N) is 3. The van der Waals surface area contributed by atoms with Gasteiger partial charge in [0.1, 0.15) is 0 Å². The SMILES string of the molecule is C[C@@H](Cn1ccnc1)NC(=O)Cc1csc(-c2ccco2)n1. The Labute approximate surface area is 131 Å². The van der Waals surface area contributed by atoms with Gasteiger partial charge in [-0.15, -0.1) is 11.3 Å². The van der Waals surface area contributed by atoms with Crippen molar-refractivity contribution in [2.24, 2.45) is 0 Å². The fourth-order valence-corrected chi connectivity index (χ4v) is 2.93. The summed E-state index contributed by atoms with van der Waals surface area (Å²) >= 11 is 1.47. The van der Waals surface area contributed by atoms with E-state index in [0.717, 1.165) is 16.5 Å². The van der Waals surface area contributed by atoms with Crippen molar-refractivity contribution in [1.29, 1.82) is 0 Å². The number of aromatic nitrogens is 3. The van der Waals surface area contributed by atoms with Gasteiger partial charge in [0.2, 0.25) is 5.91 Å². The highest BCUT2D eigenvalue weighted by Crippen LogP contribution is 2.24. The predicted molar refractivity (Wildman–Crippen MR) is 83.4 cm³/mol. The summed E-state index contributed by atoms with van der Waals surface area (Å²) in [6.07, 6.45) is 7.21. The molecule has 0 spiro atoms. The molecular weight excluding hydrogens is 300 g/mol. The maximum Gasteiger partial charge on any atom is 0.226 e. The zero-order valence-electron chi connectivity index (χ0n) is 12.1. The number of rotatable bonds is 6. The molecule has 0 unspecified atom stereocenters. The molecule has 0 aromatic carbocycles. The Morgan fingerprint density at radius 3 is 3.18 bits per heavy atom. The lowest BCUT2D eigenvalue weighted by molar-refractivity contribution is -0.121. The topological polar surface area (TPSA) is 73.0 Å². The molecule has 0 saturated heterocycles. The van der Waals surface area contributed by atoms with Crippen LogP contribution in [0.5, 0.6) is 0 Å². The molecule has 1 atom stereocenters. The Bertz CT molecular complexity index is 719. The van der Waals surface area contributed by atoms with Crippen LogP contribution in [0.25, 0.3) is 10.8 Å². The van der Waals surface area contributed by atoms with Gasteiger partial charge in [-0.05, 0) is 19.1 Å². The third-order valence-corrected chi connectivity index (χ3v) is 3.98. The molecule has 1 amide bonds. The number of amides is 1. The van der Waals surface area contributed by atoms with E-state index in [1.54, 1.807) is 18.8 Å². The summed E-state index contributed by atoms with van der Waals surface area (Å²) in [6, 6.07) is 3.71. The maximum absolute atomic E-state index is 12.1. The molecule has 0 aliphatic heterocycles. The summed E-state index contributed by atoms with van der Waals surface area (Å²) in [4.78, 5) is 20.5. The van der Waals surface area contributed by atoms with Crippen molar-refractivity contribution in [2.75, 3.05) is 0 Å². The van der Waals surface area contributed by atoms with Crippen molar-refractivity contribution >= 4 is 17.2 Å². The molecule has 0 bridgehead atoms. The third kappa shape index (κ3) is 3.62. The number of hydrogen-bond acceptors (Lipinski definition) is 5. The fraction of sp³-hybridized carbons (Fsp3) is 0.267. The van der Waals surface area contributed by atoms with Crippen molar-refractivity contribution in [3.8, 4) is 10.8 Å². The minimum Gasteiger partial charge on any atom is -0.462 e. The Morgan fingerprint density at radius 2 is 2.45 bits per heavy atom. The van der Waals surface area contributed by atoms with Crippen molar-refractivity contribution in [1.82, 2.24) is 19.9 Å². The molecule has 0 radical (unpaired) electrons. The van der Waals surface area contributed by atoms with E-state index in [1.807, 2.05) is 35.2 Å². The summed E-state index contributed by atoms with van der Waals surface area (Å²) < 4.78 is 7.23. The van der Waals surface area contributed by atoms with Crippen molar-refractivity contribution < 1.29 is 9.21 Å². The summed E-state index contributed by atoms with van der Waals surface area (Å²) in [5, 5.41) is 5.64. The average molecular weight is 316 g/mol. The minimum atomic E-state index is -0.0380. The van der Waals surface area contributed by atoms with Gasteiger partial charge in [-0.3, -0.25) is 4.79 Å². The summed E-state index contributed by atoms with van der Waals surface area (Å²) in [5.41, 5.74) is 0.753. The largest absolute Gasteiger partial charge is 0.462 e. The van der Waals surface area contributed by atoms with Gasteiger partial charge in [-0.2, -0.15) is 0 Å². The molecule has 22 heavy (non-hydrogen) atoms. The first-order valence-corrected chi connectivity index (χ1v) is 7.82. The summed E-state index contributed by atoms with van der Waals surface area (Å²) in [7, 11) is 0. The van der Waals surface area contributed by atoms with Crippen LogP contribution >= 0.6 is 11.3 Å². The van der Waals surface area contributed by atoms with Crippen LogP contribution in [0.1, 0.15) is 12.6 Å². The molecule has 3 aromatic rings. The molecule has 3 heterocycles. The van der Waals surface area contributed by atoms with Crippen LogP contribution in [-0.2, 0) is 17.8 Å². The van der Waals surface area contributed by atoms with Gasteiger partial charge in [0.15, 0.2) is 10.8 Å². The first kappa shape index (κ1) is 14.5. The van der Waals surface area contributed by atoms with Crippen LogP contribution in [0, 0.1) is 0 Å². The Balaban J connectivity index is 1.53. The first-order chi connectivity index (χ1) is 10.7. The molecule has 3 aromatic heterocycles. The number of carbonyl (C=O) groups is 1. The van der Waals surface area contributed by atoms with Crippen molar-refractivity contribution in [3.05, 3.63) is 48.2 Å². The zero-order valence-corrected chi connectivity index (χ0v) is 12.9. The fourth-order valence-electron chi connectivity index (χ4n) is 2.15. The molecular formula is C15H16N4O2S. The number of thiazole rings is 1. The van der Waals surface area contributed by atoms with E-state index in [0.29, 0.717) is 6.54 Å². The van der Waals surface area contributed by atoms with Gasteiger partial charge in [-0.1, -0.05) is 0 Å². The highest BCUT2D eigenvalue weighted by molar-refractivity contribution is 7.13. The molecule has 0 fully saturated rings. The van der Waals surface area contributed by atoms with Crippen LogP contribution in [0.2, 0.25) is 0 Å². The lowest BCUT2D eigenvalue weighted by Crippen LogP contribution is -2.36. The van der Waals surface area contributed by atoms with Crippen molar-refractivity contribution in [2.45, 2.75) is 25.9 Å². The van der Waals surface area contributed by atoms with E-state index in [-0.39, 0.29) is 18.4 Å². The number of nitrogens with one attached hydrogen (secondary N) is 1. The Morgan fingerprint density at radius 1 is 1.55 bits per heavy atom. The summed E-state index contributed by atoms with van der Waals surface area (Å²) in [6.45, 7) is 2.66. The number of carbonyl (C=O) groups excluding carboxylic acids is 1. The standard InChI is InChI=1S/C15H16N4O2S/c1-11(8-19-5-4-16-10-19)17-14(20)7-12-9-22-15(18-12)13-3-2-6-21-13/h2-6,9-11H,7-8H2,1H3,(H,17,20)/t11-/m0/s1. The normalized spacial score (nSPS) is 12.2. The number of furan rings is 1. The maximum atomic E-state index is 12.1. The quantitative estimate of drug-likeness (QED) is 0.757. The predicted octanol–water partition coefficient (Wildman–Crippen LogP) is 2.35. The van der Waals surface area contributed by atoms with Gasteiger partial charge in [0.25, 0.3) is 0 Å². The van der Waals surface area contributed by atoms with Crippen molar-refractivity contribution in [3.63, 3.8) is 0 Å². The molecule has 0 aliphatic rings. The lowest BCUT2D eigenvalue weighted by atomic mass is 10.2. The van der Waals surface area contributed by atoms with Crippen LogP contribution in [0.4, 0.5) is 0 Å². The van der Waals surface area contributed by atoms with Gasteiger partial charge in [0, 0.05) is 30.4 Å². The molecule has 7 heteroatoms. The van der Waals surface area contributed by atoms with E-state index < -0.39 is 0 Å². The molecule has 0 saturated carbocycles. The minimum absolute atomic E-state index is 0.0323. The second-order valence-corrected chi connectivity index (χ2v) is 5.88. The summed E-state index contributed by atoms with van der Waals surface area (Å²) in [5.74, 6) is 0.689. The number of imidazole rings is 1. The van der Waals surface area contributed by atoms with Gasteiger partial charge in [-0.25, -0.2) is 9.97 Å². The number of hydrogen-bond donors (Lipinski definition) is 1. The van der Waals surface area contributed by atoms with Crippen LogP contribution < -0.4 is 5.32 Å². The first-order valence-electron chi connectivity index (χ1n) is 6.94. The molecule has 3 rings (SSSR count). The second-order valence-electron chi connectivity index (χ2n) is 5.03. The van der Waals surface area contributed by atoms with E-state index in [9.17, 15) is 4.79 Å². The third-order valence-electron chi connectivity index (χ3n) is 3.08. The van der Waals surface area contributed by atoms with E-state index in [2.05, 4.69) is 15.3 Å². The van der Waals surface area contributed by atoms with Crippen LogP contribution in [0.3, 0.4) is 0 Å². The monoisotopic (exact) mass is 316 g/mol. The lowest BCUT2D eigenvalue weighted by Gasteiger charge is -2.13. The Kier molecular flexibility index (Phi) is 4.34. The average Bonchev–Trinajstić information content (AvgIpc) is 3.19. The van der Waals surface area contributed by atoms with Gasteiger partial charge < -0.3 is 14.3 Å². The van der Waals surface area contributed by atoms with Gasteiger partial charge in [0.05, 0.1) is 24.7 Å². The smallest absolute Gasteiger partial charge is 0.226 e. The van der Waals surface area contributed by atoms with E-state index in [1.165, 1.54) is 11.3 Å². The van der Waals surface area contributed by atoms with Crippen LogP contribution in [0.15, 0.2) is 46.9 Å².